The molecule has 4 aromatic carbocycles. The number of carbonyl (C=O) groups excluding carboxylic acids is 8. The SMILES string of the molecule is CCOC(=O)c1nc(C)oc1CCNC(=O)OCc1ccccc1.CCOC(=O)c1nc(I)oc1CCNC(=O)OCc1ccccc1.CCOC(=O)c1ncoc1CCNC(=O)OCc1ccccc1.Cc1nc2c(o1)CCNC2=O.O=C(O)CCNC(=O)OCc1ccccc1. The van der Waals surface area contributed by atoms with E-state index in [1.54, 1.807) is 34.6 Å². The monoisotopic (exact) mass is 1470 g/mol. The average molecular weight is 1470 g/mol. The minimum absolute atomic E-state index is 0.0724. The normalized spacial score (nSPS) is 10.7. The van der Waals surface area contributed by atoms with Gasteiger partial charge in [0.1, 0.15) is 49.5 Å². The van der Waals surface area contributed by atoms with Crippen molar-refractivity contribution >= 4 is 76.7 Å². The number of ether oxygens (including phenoxy) is 7. The Morgan fingerprint density at radius 1 is 0.490 bits per heavy atom. The van der Waals surface area contributed by atoms with Crippen LogP contribution in [-0.2, 0) is 90.1 Å². The lowest BCUT2D eigenvalue weighted by molar-refractivity contribution is -0.136. The topological polar surface area (TPSA) is 403 Å². The fourth-order valence-electron chi connectivity index (χ4n) is 8.05. The number of nitrogens with zero attached hydrogens (tertiary/aromatic N) is 4. The summed E-state index contributed by atoms with van der Waals surface area (Å²) < 4.78 is 56.3. The Morgan fingerprint density at radius 2 is 0.867 bits per heavy atom. The summed E-state index contributed by atoms with van der Waals surface area (Å²) in [4.78, 5) is 118. The molecule has 0 radical (unpaired) electrons. The molecular weight excluding hydrogens is 1390 g/mol. The number of alkyl carbamates (subject to hydrolysis) is 4. The molecule has 0 saturated carbocycles. The molecule has 522 valence electrons. The van der Waals surface area contributed by atoms with Crippen LogP contribution in [0.15, 0.2) is 145 Å². The number of fused-ring (bicyclic) bond motifs is 1. The minimum Gasteiger partial charge on any atom is -0.481 e. The van der Waals surface area contributed by atoms with Crippen molar-refractivity contribution in [3.8, 4) is 0 Å². The Hall–Kier alpha value is -11.1. The third-order valence-corrected chi connectivity index (χ3v) is 13.0. The number of oxazole rings is 4. The van der Waals surface area contributed by atoms with Crippen molar-refractivity contribution in [2.24, 2.45) is 0 Å². The van der Waals surface area contributed by atoms with Crippen LogP contribution in [0.1, 0.15) is 126 Å². The molecule has 9 rings (SSSR count). The molecule has 1 aliphatic rings. The highest BCUT2D eigenvalue weighted by Gasteiger charge is 2.24. The number of carbonyl (C=O) groups is 9. The summed E-state index contributed by atoms with van der Waals surface area (Å²) in [6.07, 6.45) is 0.543. The molecule has 98 heavy (non-hydrogen) atoms. The zero-order chi connectivity index (χ0) is 70.9. The smallest absolute Gasteiger partial charge is 0.407 e. The highest BCUT2D eigenvalue weighted by molar-refractivity contribution is 14.1. The summed E-state index contributed by atoms with van der Waals surface area (Å²) in [7, 11) is 0. The van der Waals surface area contributed by atoms with E-state index in [-0.39, 0.29) is 102 Å². The van der Waals surface area contributed by atoms with Gasteiger partial charge in [-0.3, -0.25) is 9.59 Å². The third kappa shape index (κ3) is 29.7. The van der Waals surface area contributed by atoms with E-state index in [4.69, 9.17) is 55.9 Å². The second-order valence-corrected chi connectivity index (χ2v) is 20.8. The number of hydrogen-bond donors (Lipinski definition) is 6. The zero-order valence-corrected chi connectivity index (χ0v) is 56.6. The van der Waals surface area contributed by atoms with Crippen molar-refractivity contribution < 1.29 is 99.1 Å². The molecule has 0 spiro atoms. The van der Waals surface area contributed by atoms with Crippen LogP contribution in [0, 0.1) is 17.7 Å². The van der Waals surface area contributed by atoms with E-state index < -0.39 is 48.3 Å². The van der Waals surface area contributed by atoms with Crippen LogP contribution in [0.3, 0.4) is 0 Å². The number of carboxylic acids is 1. The average Bonchev–Trinajstić information content (AvgIpc) is 1.75. The number of rotatable bonds is 26. The van der Waals surface area contributed by atoms with Crippen LogP contribution >= 0.6 is 22.6 Å². The molecule has 1 aliphatic heterocycles. The van der Waals surface area contributed by atoms with Gasteiger partial charge >= 0.3 is 48.3 Å². The second-order valence-electron chi connectivity index (χ2n) is 19.9. The van der Waals surface area contributed by atoms with Gasteiger partial charge < -0.3 is 82.5 Å². The van der Waals surface area contributed by atoms with E-state index in [0.717, 1.165) is 28.7 Å². The molecule has 8 aromatic rings. The van der Waals surface area contributed by atoms with E-state index in [9.17, 15) is 43.2 Å². The molecule has 5 heterocycles. The molecular formula is C67H76IN9O21. The van der Waals surface area contributed by atoms with Crippen LogP contribution in [0.5, 0.6) is 0 Å². The Bertz CT molecular complexity index is 3650. The number of aryl methyl sites for hydroxylation is 2. The molecule has 0 atom stereocenters. The van der Waals surface area contributed by atoms with Crippen molar-refractivity contribution in [1.82, 2.24) is 46.5 Å². The fraction of sp³-hybridized carbons (Fsp3) is 0.328. The number of halogens is 1. The van der Waals surface area contributed by atoms with Crippen LogP contribution in [-0.4, -0.2) is 132 Å². The van der Waals surface area contributed by atoms with Crippen molar-refractivity contribution in [3.05, 3.63) is 211 Å². The van der Waals surface area contributed by atoms with E-state index >= 15 is 0 Å². The Balaban J connectivity index is 0.000000226. The molecule has 4 aromatic heterocycles. The van der Waals surface area contributed by atoms with Crippen molar-refractivity contribution in [1.29, 1.82) is 0 Å². The number of amides is 5. The molecule has 0 bridgehead atoms. The first-order chi connectivity index (χ1) is 47.3. The van der Waals surface area contributed by atoms with Gasteiger partial charge in [-0.25, -0.2) is 48.5 Å². The standard InChI is InChI=1S/C17H20N2O5.C16H17IN2O5.C16H18N2O5.C11H13NO4.C7H8N2O2/c1-3-22-16(20)15-14(24-12(2)19-15)9-10-18-17(21)23-11-13-7-5-4-6-8-13;1-2-22-14(20)13-12(24-15(17)19-13)8-9-18-16(21)23-10-11-6-4-3-5-7-11;1-2-21-15(19)14-13(23-11-18-14)8-9-17-16(20)22-10-12-6-4-3-5-7-12;13-10(14)6-7-12-11(15)16-8-9-4-2-1-3-5-9;1-4-9-6-5(11-4)2-3-8-7(6)10/h4-8H,3,9-11H2,1-2H3,(H,18,21);3-7H,2,8-10H2,1H3,(H,18,21);3-7,11H,2,8-10H2,1H3,(H,17,20);1-5H,6-8H2,(H,12,15)(H,13,14);2-3H2,1H3,(H,8,10). The summed E-state index contributed by atoms with van der Waals surface area (Å²) in [5.74, 6) is 0.0940. The predicted octanol–water partition coefficient (Wildman–Crippen LogP) is 9.53. The summed E-state index contributed by atoms with van der Waals surface area (Å²) in [5.41, 5.74) is 4.47. The molecule has 0 fully saturated rings. The zero-order valence-electron chi connectivity index (χ0n) is 54.4. The first-order valence-electron chi connectivity index (χ1n) is 30.7. The maximum Gasteiger partial charge on any atom is 0.407 e. The highest BCUT2D eigenvalue weighted by Crippen LogP contribution is 2.17. The number of aliphatic carboxylic acids is 1. The van der Waals surface area contributed by atoms with Crippen molar-refractivity contribution in [3.63, 3.8) is 0 Å². The molecule has 5 amide bonds. The van der Waals surface area contributed by atoms with Crippen LogP contribution in [0.25, 0.3) is 0 Å². The van der Waals surface area contributed by atoms with Crippen LogP contribution in [0.4, 0.5) is 19.2 Å². The number of esters is 3. The van der Waals surface area contributed by atoms with Gasteiger partial charge in [0.15, 0.2) is 41.0 Å². The maximum atomic E-state index is 11.8. The molecule has 0 unspecified atom stereocenters. The lowest BCUT2D eigenvalue weighted by Gasteiger charge is -2.07. The number of benzene rings is 4. The summed E-state index contributed by atoms with van der Waals surface area (Å²) in [6.45, 7) is 11.6. The van der Waals surface area contributed by atoms with Crippen molar-refractivity contribution in [2.75, 3.05) is 52.5 Å². The maximum absolute atomic E-state index is 11.8. The largest absolute Gasteiger partial charge is 0.481 e. The fourth-order valence-corrected chi connectivity index (χ4v) is 8.56. The number of aromatic nitrogens is 4. The third-order valence-electron chi connectivity index (χ3n) is 12.5. The van der Waals surface area contributed by atoms with Gasteiger partial charge in [0.05, 0.1) is 26.2 Å². The summed E-state index contributed by atoms with van der Waals surface area (Å²) in [6, 6.07) is 37.4. The number of hydrogen-bond acceptors (Lipinski definition) is 24. The predicted molar refractivity (Wildman–Crippen MR) is 354 cm³/mol. The second kappa shape index (κ2) is 43.8. The molecule has 31 heteroatoms. The van der Waals surface area contributed by atoms with Gasteiger partial charge in [0, 0.05) is 94.8 Å². The molecule has 30 nitrogen and oxygen atoms in total. The summed E-state index contributed by atoms with van der Waals surface area (Å²) >= 11 is 1.88. The van der Waals surface area contributed by atoms with Gasteiger partial charge in [0.2, 0.25) is 0 Å². The molecule has 0 aliphatic carbocycles. The number of nitrogens with one attached hydrogen (secondary N) is 5. The van der Waals surface area contributed by atoms with E-state index in [2.05, 4.69) is 46.5 Å². The van der Waals surface area contributed by atoms with E-state index in [1.165, 1.54) is 6.39 Å². The Labute approximate surface area is 576 Å². The lowest BCUT2D eigenvalue weighted by atomic mass is 10.2. The Morgan fingerprint density at radius 3 is 1.28 bits per heavy atom. The first-order valence-corrected chi connectivity index (χ1v) is 31.7. The van der Waals surface area contributed by atoms with Crippen LogP contribution < -0.4 is 26.6 Å². The minimum atomic E-state index is -0.955. The van der Waals surface area contributed by atoms with Crippen LogP contribution in [0.2, 0.25) is 0 Å². The van der Waals surface area contributed by atoms with Gasteiger partial charge in [0.25, 0.3) is 9.80 Å². The van der Waals surface area contributed by atoms with E-state index in [1.807, 2.05) is 144 Å². The quantitative estimate of drug-likeness (QED) is 0.0167. The summed E-state index contributed by atoms with van der Waals surface area (Å²) in [5, 5.41) is 21.2. The van der Waals surface area contributed by atoms with Gasteiger partial charge in [-0.2, -0.15) is 4.98 Å². The molecule has 0 saturated heterocycles. The Kier molecular flexibility index (Phi) is 34.7. The van der Waals surface area contributed by atoms with Gasteiger partial charge in [-0.15, -0.1) is 0 Å². The van der Waals surface area contributed by atoms with Gasteiger partial charge in [-0.05, 0) is 43.0 Å². The first kappa shape index (κ1) is 77.6. The van der Waals surface area contributed by atoms with E-state index in [0.29, 0.717) is 70.2 Å². The highest BCUT2D eigenvalue weighted by atomic mass is 127. The lowest BCUT2D eigenvalue weighted by Crippen LogP contribution is -2.31. The van der Waals surface area contributed by atoms with Gasteiger partial charge in [-0.1, -0.05) is 121 Å². The molecule has 6 N–H and O–H groups in total. The van der Waals surface area contributed by atoms with Crippen molar-refractivity contribution in [2.45, 2.75) is 93.2 Å². The number of carboxylic acid groups (broad SMARTS) is 1.